The van der Waals surface area contributed by atoms with E-state index in [1.165, 1.54) is 57.9 Å². The van der Waals surface area contributed by atoms with Crippen LogP contribution in [-0.2, 0) is 9.53 Å². The first-order valence-electron chi connectivity index (χ1n) is 11.5. The molecule has 1 saturated heterocycles. The van der Waals surface area contributed by atoms with Gasteiger partial charge in [-0.3, -0.25) is 4.79 Å². The maximum absolute atomic E-state index is 11.0. The lowest BCUT2D eigenvalue weighted by Crippen LogP contribution is -2.45. The number of ether oxygens (including phenoxy) is 1. The minimum absolute atomic E-state index is 0.0366. The fraction of sp³-hybridized carbons (Fsp3) is 0.958. The lowest BCUT2D eigenvalue weighted by atomic mass is 9.70. The summed E-state index contributed by atoms with van der Waals surface area (Å²) >= 11 is 0. The van der Waals surface area contributed by atoms with Gasteiger partial charge in [-0.05, 0) is 45.6 Å². The highest BCUT2D eigenvalue weighted by molar-refractivity contribution is 5.69. The fourth-order valence-corrected chi connectivity index (χ4v) is 3.78. The minimum Gasteiger partial charge on any atom is -0.466 e. The van der Waals surface area contributed by atoms with Gasteiger partial charge in [-0.15, -0.1) is 0 Å². The first-order valence-corrected chi connectivity index (χ1v) is 11.5. The first-order chi connectivity index (χ1) is 12.6. The van der Waals surface area contributed by atoms with Gasteiger partial charge in [0.15, 0.2) is 0 Å². The molecule has 1 atom stereocenters. The van der Waals surface area contributed by atoms with Gasteiger partial charge in [0.25, 0.3) is 0 Å². The van der Waals surface area contributed by atoms with Crippen LogP contribution in [0.15, 0.2) is 0 Å². The lowest BCUT2D eigenvalue weighted by Gasteiger charge is -2.40. The third-order valence-corrected chi connectivity index (χ3v) is 7.10. The van der Waals surface area contributed by atoms with Crippen LogP contribution in [0.25, 0.3) is 0 Å². The highest BCUT2D eigenvalue weighted by Crippen LogP contribution is 2.47. The fourth-order valence-electron chi connectivity index (χ4n) is 3.78. The molecule has 0 spiro atoms. The number of rotatable bonds is 11. The molecular formula is C24H49NO2. The van der Waals surface area contributed by atoms with E-state index in [1.807, 2.05) is 6.92 Å². The van der Waals surface area contributed by atoms with Crippen molar-refractivity contribution < 1.29 is 9.53 Å². The van der Waals surface area contributed by atoms with Crippen molar-refractivity contribution in [2.45, 2.75) is 118 Å². The Morgan fingerprint density at radius 1 is 0.926 bits per heavy atom. The Kier molecular flexibility index (Phi) is 13.3. The zero-order valence-corrected chi connectivity index (χ0v) is 19.8. The predicted octanol–water partition coefficient (Wildman–Crippen LogP) is 6.84. The molecule has 1 aliphatic rings. The van der Waals surface area contributed by atoms with Gasteiger partial charge in [0, 0.05) is 18.5 Å². The molecule has 27 heavy (non-hydrogen) atoms. The Morgan fingerprint density at radius 3 is 1.74 bits per heavy atom. The minimum atomic E-state index is -0.0366. The van der Waals surface area contributed by atoms with E-state index < -0.39 is 0 Å². The molecule has 0 aromatic carbocycles. The number of carbonyl (C=O) groups excluding carboxylic acids is 1. The largest absolute Gasteiger partial charge is 0.466 e. The summed E-state index contributed by atoms with van der Waals surface area (Å²) in [6.07, 6.45) is 12.2. The molecule has 3 nitrogen and oxygen atoms in total. The number of carbonyl (C=O) groups is 1. The molecule has 162 valence electrons. The molecule has 1 fully saturated rings. The number of hydrogen-bond donors (Lipinski definition) is 0. The van der Waals surface area contributed by atoms with Crippen LogP contribution in [-0.4, -0.2) is 36.6 Å². The molecule has 3 heteroatoms. The van der Waals surface area contributed by atoms with Crippen LogP contribution in [0.3, 0.4) is 0 Å². The van der Waals surface area contributed by atoms with Crippen molar-refractivity contribution >= 4 is 5.97 Å². The summed E-state index contributed by atoms with van der Waals surface area (Å²) in [7, 11) is 2.23. The van der Waals surface area contributed by atoms with E-state index in [2.05, 4.69) is 53.5 Å². The maximum Gasteiger partial charge on any atom is 0.305 e. The summed E-state index contributed by atoms with van der Waals surface area (Å²) in [5, 5.41) is 0. The Balaban J connectivity index is 0.000000533. The quantitative estimate of drug-likeness (QED) is 0.289. The summed E-state index contributed by atoms with van der Waals surface area (Å²) in [5.74, 6) is 0.771. The highest BCUT2D eigenvalue weighted by atomic mass is 16.5. The van der Waals surface area contributed by atoms with Crippen molar-refractivity contribution in [2.75, 3.05) is 20.2 Å². The van der Waals surface area contributed by atoms with Crippen LogP contribution >= 0.6 is 0 Å². The van der Waals surface area contributed by atoms with Gasteiger partial charge in [0.2, 0.25) is 0 Å². The van der Waals surface area contributed by atoms with Gasteiger partial charge in [0.05, 0.1) is 6.61 Å². The molecule has 0 saturated carbocycles. The van der Waals surface area contributed by atoms with E-state index in [1.54, 1.807) is 0 Å². The van der Waals surface area contributed by atoms with Gasteiger partial charge < -0.3 is 9.64 Å². The number of nitrogens with zero attached hydrogens (tertiary/aromatic N) is 1. The van der Waals surface area contributed by atoms with Gasteiger partial charge in [-0.2, -0.15) is 0 Å². The van der Waals surface area contributed by atoms with Crippen molar-refractivity contribution in [1.29, 1.82) is 0 Å². The number of unbranched alkanes of at least 4 members (excludes halogenated alkanes) is 8. The van der Waals surface area contributed by atoms with Crippen LogP contribution in [0.1, 0.15) is 113 Å². The van der Waals surface area contributed by atoms with Crippen molar-refractivity contribution in [2.24, 2.45) is 11.3 Å². The monoisotopic (exact) mass is 383 g/mol. The first kappa shape index (κ1) is 26.4. The van der Waals surface area contributed by atoms with Gasteiger partial charge in [0.1, 0.15) is 0 Å². The zero-order chi connectivity index (χ0) is 20.9. The van der Waals surface area contributed by atoms with Crippen LogP contribution in [0.4, 0.5) is 0 Å². The van der Waals surface area contributed by atoms with Gasteiger partial charge >= 0.3 is 5.97 Å². The van der Waals surface area contributed by atoms with Gasteiger partial charge in [-0.1, -0.05) is 79.1 Å². The van der Waals surface area contributed by atoms with E-state index >= 15 is 0 Å². The number of likely N-dealkylation sites (tertiary alicyclic amines) is 1. The molecule has 0 aromatic heterocycles. The molecular weight excluding hydrogens is 334 g/mol. The molecule has 1 aliphatic heterocycles. The van der Waals surface area contributed by atoms with E-state index in [-0.39, 0.29) is 5.97 Å². The average Bonchev–Trinajstić information content (AvgIpc) is 2.73. The third kappa shape index (κ3) is 9.45. The molecule has 0 amide bonds. The molecule has 1 rings (SSSR count). The summed E-state index contributed by atoms with van der Waals surface area (Å²) in [6, 6.07) is 0. The summed E-state index contributed by atoms with van der Waals surface area (Å²) in [4.78, 5) is 13.5. The average molecular weight is 384 g/mol. The Hall–Kier alpha value is -0.570. The van der Waals surface area contributed by atoms with E-state index in [0.29, 0.717) is 24.0 Å². The lowest BCUT2D eigenvalue weighted by molar-refractivity contribution is -0.143. The van der Waals surface area contributed by atoms with E-state index in [4.69, 9.17) is 4.74 Å². The highest BCUT2D eigenvalue weighted by Gasteiger charge is 2.49. The SMILES string of the molecule is CC1CN(C)C(C)(C)C1(C)C.CCCCCCCCCCCC(=O)OCC. The van der Waals surface area contributed by atoms with Crippen LogP contribution < -0.4 is 0 Å². The third-order valence-electron chi connectivity index (χ3n) is 7.10. The molecule has 1 unspecified atom stereocenters. The predicted molar refractivity (Wildman–Crippen MR) is 118 cm³/mol. The summed E-state index contributed by atoms with van der Waals surface area (Å²) in [6.45, 7) is 17.6. The standard InChI is InChI=1S/C14H28O2.C10H21N/c1-3-5-6-7-8-9-10-11-12-13-14(15)16-4-2;1-8-7-11(6)10(4,5)9(8,2)3/h3-13H2,1-2H3;8H,7H2,1-6H3. The van der Waals surface area contributed by atoms with Gasteiger partial charge in [-0.25, -0.2) is 0 Å². The van der Waals surface area contributed by atoms with Crippen LogP contribution in [0.5, 0.6) is 0 Å². The number of hydrogen-bond acceptors (Lipinski definition) is 3. The second kappa shape index (κ2) is 13.6. The molecule has 0 N–H and O–H groups in total. The molecule has 0 radical (unpaired) electrons. The van der Waals surface area contributed by atoms with Crippen molar-refractivity contribution in [1.82, 2.24) is 4.90 Å². The molecule has 1 heterocycles. The Morgan fingerprint density at radius 2 is 1.41 bits per heavy atom. The van der Waals surface area contributed by atoms with E-state index in [0.717, 1.165) is 12.3 Å². The maximum atomic E-state index is 11.0. The van der Waals surface area contributed by atoms with Crippen molar-refractivity contribution in [3.63, 3.8) is 0 Å². The second-order valence-corrected chi connectivity index (χ2v) is 9.45. The zero-order valence-electron chi connectivity index (χ0n) is 19.8. The molecule has 0 aromatic rings. The van der Waals surface area contributed by atoms with Crippen molar-refractivity contribution in [3.8, 4) is 0 Å². The Labute approximate surface area is 170 Å². The van der Waals surface area contributed by atoms with Crippen LogP contribution in [0, 0.1) is 11.3 Å². The van der Waals surface area contributed by atoms with E-state index in [9.17, 15) is 4.79 Å². The molecule has 0 aliphatic carbocycles. The second-order valence-electron chi connectivity index (χ2n) is 9.45. The smallest absolute Gasteiger partial charge is 0.305 e. The van der Waals surface area contributed by atoms with Crippen LogP contribution in [0.2, 0.25) is 0 Å². The summed E-state index contributed by atoms with van der Waals surface area (Å²) in [5.41, 5.74) is 0.800. The molecule has 0 bridgehead atoms. The normalized spacial score (nSPS) is 20.8. The topological polar surface area (TPSA) is 29.5 Å². The van der Waals surface area contributed by atoms with Crippen molar-refractivity contribution in [3.05, 3.63) is 0 Å². The summed E-state index contributed by atoms with van der Waals surface area (Å²) < 4.78 is 4.87. The number of esters is 1. The Bertz CT molecular complexity index is 372.